The second-order valence-corrected chi connectivity index (χ2v) is 6.86. The van der Waals surface area contributed by atoms with Gasteiger partial charge in [-0.25, -0.2) is 9.59 Å². The Morgan fingerprint density at radius 1 is 1.13 bits per heavy atom. The molecule has 0 spiro atoms. The first-order valence-corrected chi connectivity index (χ1v) is 9.80. The van der Waals surface area contributed by atoms with Crippen LogP contribution in [0.3, 0.4) is 0 Å². The first-order valence-electron chi connectivity index (χ1n) is 9.80. The van der Waals surface area contributed by atoms with Gasteiger partial charge in [0, 0.05) is 12.5 Å². The van der Waals surface area contributed by atoms with Crippen molar-refractivity contribution in [1.82, 2.24) is 16.0 Å². The number of aliphatic carboxylic acids is 1. The molecule has 166 valence electrons. The Bertz CT molecular complexity index is 854. The number of nitrogens with one attached hydrogen (secondary N) is 3. The molecule has 1 heterocycles. The number of piperazine rings is 1. The summed E-state index contributed by atoms with van der Waals surface area (Å²) in [4.78, 5) is 59.5. The van der Waals surface area contributed by atoms with Crippen molar-refractivity contribution >= 4 is 29.7 Å². The fourth-order valence-corrected chi connectivity index (χ4v) is 2.96. The Morgan fingerprint density at radius 2 is 1.77 bits per heavy atom. The Kier molecular flexibility index (Phi) is 8.74. The van der Waals surface area contributed by atoms with E-state index >= 15 is 0 Å². The average Bonchev–Trinajstić information content (AvgIpc) is 2.72. The highest BCUT2D eigenvalue weighted by atomic mass is 16.5. The van der Waals surface area contributed by atoms with Crippen molar-refractivity contribution < 1.29 is 33.8 Å². The summed E-state index contributed by atoms with van der Waals surface area (Å²) in [5, 5.41) is 16.6. The normalized spacial score (nSPS) is 19.3. The smallest absolute Gasteiger partial charge is 0.330 e. The van der Waals surface area contributed by atoms with Crippen LogP contribution in [0, 0.1) is 0 Å². The highest BCUT2D eigenvalue weighted by Crippen LogP contribution is 2.09. The molecule has 4 N–H and O–H groups in total. The number of benzene rings is 1. The molecule has 0 radical (unpaired) electrons. The summed E-state index contributed by atoms with van der Waals surface area (Å²) in [6.45, 7) is 1.82. The van der Waals surface area contributed by atoms with Crippen LogP contribution in [0.5, 0.6) is 0 Å². The van der Waals surface area contributed by atoms with Crippen molar-refractivity contribution in [3.63, 3.8) is 0 Å². The van der Waals surface area contributed by atoms with Gasteiger partial charge in [0.25, 0.3) is 0 Å². The molecule has 1 aliphatic rings. The van der Waals surface area contributed by atoms with Crippen LogP contribution in [0.2, 0.25) is 0 Å². The molecule has 0 saturated carbocycles. The van der Waals surface area contributed by atoms with E-state index in [1.807, 2.05) is 30.3 Å². The molecule has 1 aromatic rings. The number of esters is 1. The van der Waals surface area contributed by atoms with E-state index in [1.54, 1.807) is 6.92 Å². The van der Waals surface area contributed by atoms with Gasteiger partial charge in [-0.3, -0.25) is 14.4 Å². The van der Waals surface area contributed by atoms with Gasteiger partial charge in [-0.15, -0.1) is 0 Å². The van der Waals surface area contributed by atoms with Crippen LogP contribution in [0.1, 0.15) is 25.3 Å². The molecule has 31 heavy (non-hydrogen) atoms. The second-order valence-electron chi connectivity index (χ2n) is 6.86. The first-order chi connectivity index (χ1) is 14.8. The molecule has 10 nitrogen and oxygen atoms in total. The van der Waals surface area contributed by atoms with Crippen LogP contribution in [-0.4, -0.2) is 59.5 Å². The van der Waals surface area contributed by atoms with Crippen molar-refractivity contribution in [2.45, 2.75) is 44.3 Å². The maximum atomic E-state index is 12.3. The predicted octanol–water partition coefficient (Wildman–Crippen LogP) is -0.319. The van der Waals surface area contributed by atoms with Gasteiger partial charge in [0.15, 0.2) is 0 Å². The molecule has 0 aliphatic carbocycles. The molecule has 1 aliphatic heterocycles. The molecule has 0 bridgehead atoms. The van der Waals surface area contributed by atoms with Crippen LogP contribution in [0.4, 0.5) is 0 Å². The highest BCUT2D eigenvalue weighted by molar-refractivity contribution is 5.99. The van der Waals surface area contributed by atoms with Gasteiger partial charge in [-0.2, -0.15) is 0 Å². The lowest BCUT2D eigenvalue weighted by Gasteiger charge is -2.29. The van der Waals surface area contributed by atoms with Gasteiger partial charge < -0.3 is 25.8 Å². The summed E-state index contributed by atoms with van der Waals surface area (Å²) in [7, 11) is 0. The van der Waals surface area contributed by atoms with Crippen molar-refractivity contribution in [2.75, 3.05) is 6.61 Å². The number of ether oxygens (including phenoxy) is 1. The second kappa shape index (κ2) is 11.5. The molecule has 3 amide bonds. The van der Waals surface area contributed by atoms with Crippen LogP contribution >= 0.6 is 0 Å². The zero-order valence-corrected chi connectivity index (χ0v) is 17.0. The quantitative estimate of drug-likeness (QED) is 0.293. The molecular weight excluding hydrogens is 406 g/mol. The fourth-order valence-electron chi connectivity index (χ4n) is 2.96. The minimum Gasteiger partial charge on any atom is -0.480 e. The first kappa shape index (κ1) is 23.6. The maximum Gasteiger partial charge on any atom is 0.330 e. The van der Waals surface area contributed by atoms with E-state index in [4.69, 9.17) is 0 Å². The average molecular weight is 431 g/mol. The summed E-state index contributed by atoms with van der Waals surface area (Å²) in [5.41, 5.74) is 0.874. The summed E-state index contributed by atoms with van der Waals surface area (Å²) in [5.74, 6) is -3.59. The van der Waals surface area contributed by atoms with Gasteiger partial charge in [0.2, 0.25) is 17.7 Å². The van der Waals surface area contributed by atoms with E-state index < -0.39 is 54.2 Å². The summed E-state index contributed by atoms with van der Waals surface area (Å²) >= 11 is 0. The Balaban J connectivity index is 1.87. The van der Waals surface area contributed by atoms with E-state index in [1.165, 1.54) is 6.08 Å². The van der Waals surface area contributed by atoms with Crippen LogP contribution < -0.4 is 16.0 Å². The topological polar surface area (TPSA) is 151 Å². The maximum absolute atomic E-state index is 12.3. The standard InChI is InChI=1S/C21H25N3O7/c1-2-31-18(26)10-6-9-14(21(29)30)22-17(25)12-16-20(28)23-15(19(27)24-16)11-13-7-4-3-5-8-13/h3-8,10,14-16H,2,9,11-12H2,1H3,(H,22,25)(H,23,28)(H,24,27)(H,29,30)/b10-6+/t14-,15-,16-/m0/s1. The number of amides is 3. The SMILES string of the molecule is CCOC(=O)/C=C/C[C@H](NC(=O)C[C@@H]1NC(=O)[C@H](Cc2ccccc2)NC1=O)C(=O)O. The Hall–Kier alpha value is -3.69. The van der Waals surface area contributed by atoms with Crippen LogP contribution in [0.15, 0.2) is 42.5 Å². The summed E-state index contributed by atoms with van der Waals surface area (Å²) < 4.78 is 4.69. The molecule has 1 fully saturated rings. The highest BCUT2D eigenvalue weighted by Gasteiger charge is 2.35. The number of carbonyl (C=O) groups excluding carboxylic acids is 4. The number of carbonyl (C=O) groups is 5. The lowest BCUT2D eigenvalue weighted by Crippen LogP contribution is -2.63. The lowest BCUT2D eigenvalue weighted by atomic mass is 10.0. The minimum atomic E-state index is -1.30. The van der Waals surface area contributed by atoms with Crippen LogP contribution in [0.25, 0.3) is 0 Å². The van der Waals surface area contributed by atoms with E-state index in [0.29, 0.717) is 6.42 Å². The van der Waals surface area contributed by atoms with Crippen LogP contribution in [-0.2, 0) is 35.1 Å². The number of hydrogen-bond acceptors (Lipinski definition) is 6. The monoisotopic (exact) mass is 431 g/mol. The Morgan fingerprint density at radius 3 is 2.42 bits per heavy atom. The van der Waals surface area contributed by atoms with Gasteiger partial charge >= 0.3 is 11.9 Å². The molecule has 10 heteroatoms. The molecule has 2 rings (SSSR count). The third kappa shape index (κ3) is 7.57. The molecule has 1 saturated heterocycles. The predicted molar refractivity (Wildman–Crippen MR) is 109 cm³/mol. The number of rotatable bonds is 10. The van der Waals surface area contributed by atoms with E-state index in [2.05, 4.69) is 20.7 Å². The lowest BCUT2D eigenvalue weighted by molar-refractivity contribution is -0.142. The zero-order valence-electron chi connectivity index (χ0n) is 17.0. The largest absolute Gasteiger partial charge is 0.480 e. The molecule has 3 atom stereocenters. The third-order valence-electron chi connectivity index (χ3n) is 4.48. The molecular formula is C21H25N3O7. The summed E-state index contributed by atoms with van der Waals surface area (Å²) in [6, 6.07) is 6.00. The fraction of sp³-hybridized carbons (Fsp3) is 0.381. The summed E-state index contributed by atoms with van der Waals surface area (Å²) in [6.07, 6.45) is 2.10. The minimum absolute atomic E-state index is 0.151. The number of carboxylic acids is 1. The molecule has 0 aromatic heterocycles. The van der Waals surface area contributed by atoms with E-state index in [-0.39, 0.29) is 13.0 Å². The van der Waals surface area contributed by atoms with Crippen molar-refractivity contribution in [3.05, 3.63) is 48.0 Å². The molecule has 1 aromatic carbocycles. The van der Waals surface area contributed by atoms with Gasteiger partial charge in [0.1, 0.15) is 18.1 Å². The van der Waals surface area contributed by atoms with Crippen molar-refractivity contribution in [2.24, 2.45) is 0 Å². The van der Waals surface area contributed by atoms with E-state index in [0.717, 1.165) is 11.6 Å². The number of carboxylic acid groups (broad SMARTS) is 1. The van der Waals surface area contributed by atoms with Gasteiger partial charge in [0.05, 0.1) is 13.0 Å². The zero-order chi connectivity index (χ0) is 22.8. The molecule has 0 unspecified atom stereocenters. The van der Waals surface area contributed by atoms with E-state index in [9.17, 15) is 29.1 Å². The van der Waals surface area contributed by atoms with Gasteiger partial charge in [-0.05, 0) is 18.9 Å². The Labute approximate surface area is 179 Å². The number of hydrogen-bond donors (Lipinski definition) is 4. The third-order valence-corrected chi connectivity index (χ3v) is 4.48. The van der Waals surface area contributed by atoms with Crippen molar-refractivity contribution in [3.8, 4) is 0 Å². The van der Waals surface area contributed by atoms with Gasteiger partial charge in [-0.1, -0.05) is 36.4 Å². The van der Waals surface area contributed by atoms with Crippen molar-refractivity contribution in [1.29, 1.82) is 0 Å².